The largest absolute Gasteiger partial charge is 0.219 e. The second-order valence-corrected chi connectivity index (χ2v) is 17.3. The Kier molecular flexibility index (Phi) is 6.83. The van der Waals surface area contributed by atoms with E-state index in [1.54, 1.807) is 0 Å². The fourth-order valence-electron chi connectivity index (χ4n) is 7.21. The number of fused-ring (bicyclic) bond motifs is 7. The first-order valence-electron chi connectivity index (χ1n) is 15.2. The average molecular weight is 693 g/mol. The van der Waals surface area contributed by atoms with E-state index >= 15 is 0 Å². The molecule has 4 aliphatic rings. The quantitative estimate of drug-likeness (QED) is 0.198. The smallest absolute Gasteiger partial charge is 0.216 e. The van der Waals surface area contributed by atoms with E-state index in [4.69, 9.17) is 21.0 Å². The van der Waals surface area contributed by atoms with E-state index in [0.717, 1.165) is 9.75 Å². The Labute approximate surface area is 294 Å². The van der Waals surface area contributed by atoms with Crippen molar-refractivity contribution in [1.82, 2.24) is 0 Å². The summed E-state index contributed by atoms with van der Waals surface area (Å²) in [5.74, 6) is 0.542. The maximum atomic E-state index is 9.11. The molecule has 0 radical (unpaired) electrons. The van der Waals surface area contributed by atoms with Crippen molar-refractivity contribution >= 4 is 77.9 Å². The van der Waals surface area contributed by atoms with Gasteiger partial charge in [-0.2, -0.15) is 21.0 Å². The number of rotatable bonds is 4. The van der Waals surface area contributed by atoms with Gasteiger partial charge in [0.15, 0.2) is 0 Å². The highest BCUT2D eigenvalue weighted by atomic mass is 32.1. The van der Waals surface area contributed by atoms with Crippen molar-refractivity contribution in [3.05, 3.63) is 92.7 Å². The molecule has 0 aliphatic heterocycles. The molecule has 230 valence electrons. The summed E-state index contributed by atoms with van der Waals surface area (Å²) in [7, 11) is 0. The van der Waals surface area contributed by atoms with Crippen LogP contribution in [0.2, 0.25) is 0 Å². The molecule has 48 heavy (non-hydrogen) atoms. The Balaban J connectivity index is 1.13. The highest BCUT2D eigenvalue weighted by Gasteiger charge is 2.46. The molecule has 0 aromatic carbocycles. The molecule has 0 spiro atoms. The van der Waals surface area contributed by atoms with Crippen molar-refractivity contribution in [3.8, 4) is 43.8 Å². The van der Waals surface area contributed by atoms with E-state index in [0.29, 0.717) is 10.0 Å². The predicted octanol–water partition coefficient (Wildman–Crippen LogP) is 10.7. The van der Waals surface area contributed by atoms with Crippen LogP contribution in [0.1, 0.15) is 48.6 Å². The molecule has 0 N–H and O–H groups in total. The van der Waals surface area contributed by atoms with Crippen molar-refractivity contribution < 1.29 is 0 Å². The summed E-state index contributed by atoms with van der Waals surface area (Å²) in [4.78, 5) is 15.6. The lowest BCUT2D eigenvalue weighted by atomic mass is 9.70. The van der Waals surface area contributed by atoms with Gasteiger partial charge in [0.2, 0.25) is 11.4 Å². The van der Waals surface area contributed by atoms with Crippen molar-refractivity contribution in [2.75, 3.05) is 0 Å². The van der Waals surface area contributed by atoms with Crippen LogP contribution in [0.25, 0.3) is 30.7 Å². The summed E-state index contributed by atoms with van der Waals surface area (Å²) in [5.41, 5.74) is 7.60. The first-order valence-corrected chi connectivity index (χ1v) is 18.5. The van der Waals surface area contributed by atoms with E-state index in [1.807, 2.05) is 71.2 Å². The van der Waals surface area contributed by atoms with Gasteiger partial charge in [0, 0.05) is 51.9 Å². The summed E-state index contributed by atoms with van der Waals surface area (Å²) in [5, 5.41) is 37.8. The summed E-state index contributed by atoms with van der Waals surface area (Å²) in [6.07, 6.45) is 9.98. The summed E-state index contributed by atoms with van der Waals surface area (Å²) >= 11 is 6.63. The first-order chi connectivity index (χ1) is 23.0. The second-order valence-electron chi connectivity index (χ2n) is 13.1. The van der Waals surface area contributed by atoms with Crippen LogP contribution in [0.4, 0.5) is 10.0 Å². The molecule has 4 aromatic heterocycles. The summed E-state index contributed by atoms with van der Waals surface area (Å²) in [6, 6.07) is 19.8. The lowest BCUT2D eigenvalue weighted by Gasteiger charge is -2.33. The van der Waals surface area contributed by atoms with Crippen molar-refractivity contribution in [3.63, 3.8) is 0 Å². The van der Waals surface area contributed by atoms with E-state index in [9.17, 15) is 0 Å². The highest BCUT2D eigenvalue weighted by Crippen LogP contribution is 2.61. The minimum atomic E-state index is -0.136. The van der Waals surface area contributed by atoms with Gasteiger partial charge >= 0.3 is 0 Å². The minimum Gasteiger partial charge on any atom is -0.216 e. The van der Waals surface area contributed by atoms with Gasteiger partial charge < -0.3 is 0 Å². The Morgan fingerprint density at radius 2 is 0.958 bits per heavy atom. The van der Waals surface area contributed by atoms with Crippen molar-refractivity contribution in [2.24, 2.45) is 21.8 Å². The summed E-state index contributed by atoms with van der Waals surface area (Å²) < 4.78 is 0. The maximum absolute atomic E-state index is 9.11. The van der Waals surface area contributed by atoms with Crippen LogP contribution in [0.5, 0.6) is 0 Å². The third kappa shape index (κ3) is 4.50. The Bertz CT molecular complexity index is 2260. The van der Waals surface area contributed by atoms with Crippen LogP contribution < -0.4 is 0 Å². The van der Waals surface area contributed by atoms with Crippen LogP contribution in [0, 0.1) is 57.2 Å². The van der Waals surface area contributed by atoms with Crippen molar-refractivity contribution in [2.45, 2.75) is 38.5 Å². The maximum Gasteiger partial charge on any atom is 0.219 e. The van der Waals surface area contributed by atoms with Gasteiger partial charge in [0.05, 0.1) is 0 Å². The van der Waals surface area contributed by atoms with Crippen LogP contribution >= 0.6 is 45.3 Å². The predicted molar refractivity (Wildman–Crippen MR) is 197 cm³/mol. The number of nitriles is 4. The van der Waals surface area contributed by atoms with E-state index in [1.165, 1.54) is 75.6 Å². The van der Waals surface area contributed by atoms with Crippen LogP contribution in [-0.4, -0.2) is 11.4 Å². The number of nitrogens with zero attached hydrogens (tertiary/aromatic N) is 6. The van der Waals surface area contributed by atoms with E-state index in [2.05, 4.69) is 74.1 Å². The molecule has 4 aliphatic carbocycles. The Hall–Kier alpha value is -4.94. The van der Waals surface area contributed by atoms with Crippen LogP contribution in [-0.2, 0) is 10.8 Å². The molecule has 6 nitrogen and oxygen atoms in total. The number of thiophene rings is 4. The molecule has 0 amide bonds. The van der Waals surface area contributed by atoms with E-state index < -0.39 is 0 Å². The van der Waals surface area contributed by atoms with E-state index in [-0.39, 0.29) is 34.1 Å². The summed E-state index contributed by atoms with van der Waals surface area (Å²) in [6.45, 7) is 9.28. The zero-order valence-electron chi connectivity index (χ0n) is 26.2. The molecular weight excluding hydrogens is 669 g/mol. The molecule has 0 saturated heterocycles. The minimum absolute atomic E-state index is 0.134. The van der Waals surface area contributed by atoms with Gasteiger partial charge in [-0.25, -0.2) is 9.98 Å². The molecule has 0 bridgehead atoms. The zero-order valence-corrected chi connectivity index (χ0v) is 29.5. The van der Waals surface area contributed by atoms with Crippen molar-refractivity contribution in [1.29, 1.82) is 21.0 Å². The third-order valence-corrected chi connectivity index (χ3v) is 14.3. The third-order valence-electron chi connectivity index (χ3n) is 9.64. The van der Waals surface area contributed by atoms with Gasteiger partial charge in [0.1, 0.15) is 34.3 Å². The zero-order chi connectivity index (χ0) is 33.5. The van der Waals surface area contributed by atoms with Gasteiger partial charge in [0.25, 0.3) is 0 Å². The monoisotopic (exact) mass is 692 g/mol. The molecular formula is C38H24N6S4. The fraction of sp³-hybridized carbons (Fsp3) is 0.211. The number of allylic oxidation sites excluding steroid dienone is 8. The van der Waals surface area contributed by atoms with Gasteiger partial charge in [-0.3, -0.25) is 0 Å². The van der Waals surface area contributed by atoms with Gasteiger partial charge in [-0.05, 0) is 69.8 Å². The Morgan fingerprint density at radius 3 is 1.33 bits per heavy atom. The molecule has 8 rings (SSSR count). The molecule has 2 atom stereocenters. The molecule has 0 saturated carbocycles. The van der Waals surface area contributed by atoms with Gasteiger partial charge in [-0.15, -0.1) is 45.3 Å². The highest BCUT2D eigenvalue weighted by molar-refractivity contribution is 7.25. The molecule has 10 heteroatoms. The Morgan fingerprint density at radius 1 is 0.562 bits per heavy atom. The normalized spacial score (nSPS) is 20.0. The fourth-order valence-corrected chi connectivity index (χ4v) is 11.9. The van der Waals surface area contributed by atoms with Crippen LogP contribution in [0.15, 0.2) is 81.8 Å². The topological polar surface area (TPSA) is 120 Å². The number of hydrogen-bond donors (Lipinski definition) is 0. The van der Waals surface area contributed by atoms with Gasteiger partial charge in [-0.1, -0.05) is 52.0 Å². The SMILES string of the molecule is CC1(C)C2=CC3C=C4C(=CC3C=C2c2sc(-c3ccc(N=C(C#N)C#N)s3)cc21)C(C)(C)c1cc(-c2ccc(N=C(C#N)C#N)s2)sc14. The number of hydrogen-bond acceptors (Lipinski definition) is 10. The number of aliphatic imine (C=N–C) groups is 2. The molecule has 0 fully saturated rings. The standard InChI is InChI=1S/C38H24N6S4/c1-37(2)25-11-19-10-24-26(38(3,4)28-14-32(48-36(24)28)30-6-8-34(46-30)44-22(17-41)18-42)12-20(19)9-23(25)35-27(37)13-31(47-35)29-5-7-33(45-29)43-21(15-39)16-40/h5-14,19-20H,1-4H3. The average Bonchev–Trinajstić information content (AvgIpc) is 3.92. The molecule has 4 heterocycles. The first kappa shape index (κ1) is 30.4. The lowest BCUT2D eigenvalue weighted by Crippen LogP contribution is -2.23. The molecule has 4 aromatic rings. The lowest BCUT2D eigenvalue weighted by molar-refractivity contribution is 0.592. The van der Waals surface area contributed by atoms with Crippen LogP contribution in [0.3, 0.4) is 0 Å². The molecule has 2 unspecified atom stereocenters. The second kappa shape index (κ2) is 10.8.